The van der Waals surface area contributed by atoms with E-state index in [-0.39, 0.29) is 19.0 Å². The van der Waals surface area contributed by atoms with E-state index in [9.17, 15) is 14.4 Å². The maximum absolute atomic E-state index is 12.1. The monoisotopic (exact) mass is 341 g/mol. The van der Waals surface area contributed by atoms with Crippen molar-refractivity contribution in [3.05, 3.63) is 28.7 Å². The molecule has 1 aliphatic heterocycles. The molecular weight excluding hydrogens is 330 g/mol. The molecule has 0 aliphatic carbocycles. The van der Waals surface area contributed by atoms with Gasteiger partial charge in [-0.2, -0.15) is 0 Å². The van der Waals surface area contributed by atoms with Crippen molar-refractivity contribution >= 4 is 39.5 Å². The maximum Gasteiger partial charge on any atom is 0.328 e. The molecule has 1 fully saturated rings. The molecule has 1 heterocycles. The highest BCUT2D eigenvalue weighted by Gasteiger charge is 2.35. The number of hydrogen-bond donors (Lipinski definition) is 3. The highest BCUT2D eigenvalue weighted by atomic mass is 79.9. The minimum atomic E-state index is -1.16. The first-order chi connectivity index (χ1) is 9.49. The Morgan fingerprint density at radius 1 is 1.40 bits per heavy atom. The fourth-order valence-corrected chi connectivity index (χ4v) is 2.21. The molecule has 20 heavy (non-hydrogen) atoms. The number of hydrogen-bond acceptors (Lipinski definition) is 3. The number of anilines is 1. The molecule has 1 aliphatic rings. The summed E-state index contributed by atoms with van der Waals surface area (Å²) < 4.78 is 0.668. The molecule has 0 radical (unpaired) electrons. The number of carboxylic acids is 1. The SMILES string of the molecule is O=C1CN(C(=O)Nc2ccccc2Br)C(C(=O)O)CN1. The normalized spacial score (nSPS) is 18.4. The first-order valence-corrected chi connectivity index (χ1v) is 6.60. The Labute approximate surface area is 123 Å². The predicted molar refractivity (Wildman–Crippen MR) is 74.3 cm³/mol. The van der Waals surface area contributed by atoms with Gasteiger partial charge in [0.25, 0.3) is 0 Å². The van der Waals surface area contributed by atoms with Crippen LogP contribution in [-0.2, 0) is 9.59 Å². The van der Waals surface area contributed by atoms with Crippen LogP contribution in [0.3, 0.4) is 0 Å². The third-order valence-electron chi connectivity index (χ3n) is 2.84. The van der Waals surface area contributed by atoms with Crippen LogP contribution in [0.1, 0.15) is 0 Å². The summed E-state index contributed by atoms with van der Waals surface area (Å²) in [5.74, 6) is -1.54. The predicted octanol–water partition coefficient (Wildman–Crippen LogP) is 0.866. The second-order valence-corrected chi connectivity index (χ2v) is 5.05. The highest BCUT2D eigenvalue weighted by molar-refractivity contribution is 9.10. The lowest BCUT2D eigenvalue weighted by molar-refractivity contribution is -0.144. The molecule has 0 spiro atoms. The van der Waals surface area contributed by atoms with E-state index < -0.39 is 18.0 Å². The number of piperazine rings is 1. The van der Waals surface area contributed by atoms with Crippen LogP contribution in [0.25, 0.3) is 0 Å². The number of para-hydroxylation sites is 1. The van der Waals surface area contributed by atoms with E-state index in [0.29, 0.717) is 10.2 Å². The summed E-state index contributed by atoms with van der Waals surface area (Å²) in [5.41, 5.74) is 0.507. The number of carbonyl (C=O) groups is 3. The van der Waals surface area contributed by atoms with Crippen molar-refractivity contribution in [2.45, 2.75) is 6.04 Å². The first kappa shape index (κ1) is 14.3. The molecule has 1 unspecified atom stereocenters. The molecule has 0 saturated carbocycles. The van der Waals surface area contributed by atoms with Gasteiger partial charge in [-0.05, 0) is 28.1 Å². The van der Waals surface area contributed by atoms with Crippen molar-refractivity contribution in [3.8, 4) is 0 Å². The summed E-state index contributed by atoms with van der Waals surface area (Å²) in [6.07, 6.45) is 0. The number of nitrogens with one attached hydrogen (secondary N) is 2. The smallest absolute Gasteiger partial charge is 0.328 e. The molecular formula is C12H12BrN3O4. The van der Waals surface area contributed by atoms with Gasteiger partial charge >= 0.3 is 12.0 Å². The lowest BCUT2D eigenvalue weighted by Crippen LogP contribution is -2.60. The number of nitrogens with zero attached hydrogens (tertiary/aromatic N) is 1. The Morgan fingerprint density at radius 2 is 2.10 bits per heavy atom. The van der Waals surface area contributed by atoms with Crippen molar-refractivity contribution < 1.29 is 19.5 Å². The zero-order valence-electron chi connectivity index (χ0n) is 10.3. The van der Waals surface area contributed by atoms with E-state index in [0.717, 1.165) is 4.90 Å². The van der Waals surface area contributed by atoms with Crippen LogP contribution in [0.2, 0.25) is 0 Å². The van der Waals surface area contributed by atoms with Gasteiger partial charge in [-0.3, -0.25) is 9.69 Å². The van der Waals surface area contributed by atoms with Crippen molar-refractivity contribution in [2.24, 2.45) is 0 Å². The van der Waals surface area contributed by atoms with Crippen LogP contribution in [-0.4, -0.2) is 47.0 Å². The summed E-state index contributed by atoms with van der Waals surface area (Å²) in [5, 5.41) is 14.1. The van der Waals surface area contributed by atoms with Gasteiger partial charge in [0.05, 0.1) is 5.69 Å². The van der Waals surface area contributed by atoms with E-state index >= 15 is 0 Å². The number of halogens is 1. The Morgan fingerprint density at radius 3 is 2.75 bits per heavy atom. The fraction of sp³-hybridized carbons (Fsp3) is 0.250. The topological polar surface area (TPSA) is 98.7 Å². The Bertz CT molecular complexity index is 563. The van der Waals surface area contributed by atoms with E-state index in [1.165, 1.54) is 0 Å². The van der Waals surface area contributed by atoms with Gasteiger partial charge in [-0.15, -0.1) is 0 Å². The summed E-state index contributed by atoms with van der Waals surface area (Å²) in [6.45, 7) is -0.384. The second-order valence-electron chi connectivity index (χ2n) is 4.20. The molecule has 1 saturated heterocycles. The Hall–Kier alpha value is -2.09. The van der Waals surface area contributed by atoms with Gasteiger partial charge in [-0.1, -0.05) is 12.1 Å². The molecule has 3 N–H and O–H groups in total. The van der Waals surface area contributed by atoms with Crippen LogP contribution in [0.4, 0.5) is 10.5 Å². The molecule has 2 rings (SSSR count). The lowest BCUT2D eigenvalue weighted by Gasteiger charge is -2.32. The second kappa shape index (κ2) is 5.91. The molecule has 7 nitrogen and oxygen atoms in total. The van der Waals surface area contributed by atoms with Gasteiger partial charge in [0.2, 0.25) is 5.91 Å². The van der Waals surface area contributed by atoms with Gasteiger partial charge in [0.15, 0.2) is 0 Å². The fourth-order valence-electron chi connectivity index (χ4n) is 1.83. The average Bonchev–Trinajstić information content (AvgIpc) is 2.40. The lowest BCUT2D eigenvalue weighted by atomic mass is 10.2. The Kier molecular flexibility index (Phi) is 4.23. The van der Waals surface area contributed by atoms with Gasteiger partial charge in [-0.25, -0.2) is 9.59 Å². The Balaban J connectivity index is 2.15. The average molecular weight is 342 g/mol. The number of amides is 3. The third-order valence-corrected chi connectivity index (χ3v) is 3.54. The van der Waals surface area contributed by atoms with Crippen LogP contribution >= 0.6 is 15.9 Å². The van der Waals surface area contributed by atoms with Crippen LogP contribution < -0.4 is 10.6 Å². The molecule has 1 aromatic rings. The van der Waals surface area contributed by atoms with Crippen LogP contribution in [0.5, 0.6) is 0 Å². The maximum atomic E-state index is 12.1. The summed E-state index contributed by atoms with van der Waals surface area (Å²) in [4.78, 5) is 35.6. The summed E-state index contributed by atoms with van der Waals surface area (Å²) >= 11 is 3.28. The van der Waals surface area contributed by atoms with Gasteiger partial charge in [0, 0.05) is 11.0 Å². The zero-order valence-corrected chi connectivity index (χ0v) is 11.9. The van der Waals surface area contributed by atoms with Crippen LogP contribution in [0.15, 0.2) is 28.7 Å². The number of benzene rings is 1. The molecule has 106 valence electrons. The number of carbonyl (C=O) groups excluding carboxylic acids is 2. The van der Waals surface area contributed by atoms with E-state index in [2.05, 4.69) is 26.6 Å². The summed E-state index contributed by atoms with van der Waals surface area (Å²) in [7, 11) is 0. The van der Waals surface area contributed by atoms with Crippen LogP contribution in [0, 0.1) is 0 Å². The van der Waals surface area contributed by atoms with E-state index in [1.807, 2.05) is 0 Å². The van der Waals surface area contributed by atoms with E-state index in [4.69, 9.17) is 5.11 Å². The van der Waals surface area contributed by atoms with Crippen molar-refractivity contribution in [3.63, 3.8) is 0 Å². The highest BCUT2D eigenvalue weighted by Crippen LogP contribution is 2.22. The van der Waals surface area contributed by atoms with Crippen molar-refractivity contribution in [2.75, 3.05) is 18.4 Å². The van der Waals surface area contributed by atoms with Gasteiger partial charge < -0.3 is 15.7 Å². The third kappa shape index (κ3) is 3.08. The standard InChI is InChI=1S/C12H12BrN3O4/c13-7-3-1-2-4-8(7)15-12(20)16-6-10(17)14-5-9(16)11(18)19/h1-4,9H,5-6H2,(H,14,17)(H,15,20)(H,18,19). The molecule has 0 bridgehead atoms. The van der Waals surface area contributed by atoms with Gasteiger partial charge in [0.1, 0.15) is 12.6 Å². The summed E-state index contributed by atoms with van der Waals surface area (Å²) in [6, 6.07) is 5.23. The van der Waals surface area contributed by atoms with E-state index in [1.54, 1.807) is 24.3 Å². The molecule has 3 amide bonds. The minimum absolute atomic E-state index is 0.0997. The first-order valence-electron chi connectivity index (χ1n) is 5.80. The minimum Gasteiger partial charge on any atom is -0.480 e. The molecule has 8 heteroatoms. The number of urea groups is 1. The zero-order chi connectivity index (χ0) is 14.7. The largest absolute Gasteiger partial charge is 0.480 e. The molecule has 0 aromatic heterocycles. The van der Waals surface area contributed by atoms with Crippen molar-refractivity contribution in [1.29, 1.82) is 0 Å². The number of carboxylic acid groups (broad SMARTS) is 1. The number of rotatable bonds is 2. The quantitative estimate of drug-likeness (QED) is 0.743. The number of aliphatic carboxylic acids is 1. The molecule has 1 aromatic carbocycles. The molecule has 1 atom stereocenters. The van der Waals surface area contributed by atoms with Crippen molar-refractivity contribution in [1.82, 2.24) is 10.2 Å².